The van der Waals surface area contributed by atoms with Gasteiger partial charge in [0.25, 0.3) is 0 Å². The lowest BCUT2D eigenvalue weighted by molar-refractivity contribution is -0.806. The molecule has 2 heterocycles. The first-order chi connectivity index (χ1) is 11.5. The van der Waals surface area contributed by atoms with E-state index in [9.17, 15) is 22.0 Å². The molecule has 3 N–H and O–H groups in total. The molecule has 0 radical (unpaired) electrons. The molecular weight excluding hydrogens is 374 g/mol. The van der Waals surface area contributed by atoms with Crippen molar-refractivity contribution in [1.82, 2.24) is 9.46 Å². The summed E-state index contributed by atoms with van der Waals surface area (Å²) < 4.78 is 54.4. The number of aromatic nitrogens is 2. The standard InChI is InChI=1S/C12H15N5O6S2/c1-7-3-9-12(4-11(7)24(13,19)20)25(21,22)16(6-14-9)5-10-8(2)17(18)23-15-10/h3-4,14H,5-6H2,1-2H3,(H2,13,19,20). The molecule has 136 valence electrons. The predicted octanol–water partition coefficient (Wildman–Crippen LogP) is -0.854. The first kappa shape index (κ1) is 17.6. The molecule has 1 aromatic carbocycles. The zero-order chi connectivity index (χ0) is 18.6. The average molecular weight is 389 g/mol. The minimum Gasteiger partial charge on any atom is -0.370 e. The minimum absolute atomic E-state index is 0.0747. The van der Waals surface area contributed by atoms with Gasteiger partial charge >= 0.3 is 0 Å². The van der Waals surface area contributed by atoms with Gasteiger partial charge in [-0.15, -0.1) is 0 Å². The number of aryl methyl sites for hydroxylation is 1. The number of hydrogen-bond acceptors (Lipinski definition) is 8. The van der Waals surface area contributed by atoms with Gasteiger partial charge in [0.15, 0.2) is 5.69 Å². The molecular formula is C12H15N5O6S2. The molecule has 0 saturated carbocycles. The summed E-state index contributed by atoms with van der Waals surface area (Å²) >= 11 is 0. The molecule has 25 heavy (non-hydrogen) atoms. The van der Waals surface area contributed by atoms with Crippen molar-refractivity contribution in [3.05, 3.63) is 34.3 Å². The molecule has 0 amide bonds. The maximum Gasteiger partial charge on any atom is 0.247 e. The molecule has 1 aromatic heterocycles. The van der Waals surface area contributed by atoms with Gasteiger partial charge in [-0.3, -0.25) is 4.63 Å². The molecule has 0 bridgehead atoms. The summed E-state index contributed by atoms with van der Waals surface area (Å²) in [4.78, 5) is -0.312. The fourth-order valence-electron chi connectivity index (χ4n) is 2.50. The van der Waals surface area contributed by atoms with Crippen molar-refractivity contribution in [2.24, 2.45) is 5.14 Å². The summed E-state index contributed by atoms with van der Waals surface area (Å²) in [6.07, 6.45) is 0. The van der Waals surface area contributed by atoms with Gasteiger partial charge in [-0.1, -0.05) is 0 Å². The SMILES string of the molecule is Cc1cc2c(cc1S(N)(=O)=O)S(=O)(=O)N(Cc1no[n+]([O-])c1C)CN2. The van der Waals surface area contributed by atoms with Gasteiger partial charge in [0.1, 0.15) is 4.90 Å². The third kappa shape index (κ3) is 2.95. The summed E-state index contributed by atoms with van der Waals surface area (Å²) in [5, 5.41) is 22.8. The number of rotatable bonds is 3. The Hall–Kier alpha value is -2.22. The predicted molar refractivity (Wildman–Crippen MR) is 84.0 cm³/mol. The molecule has 0 fully saturated rings. The number of anilines is 1. The number of hydrogen-bond donors (Lipinski definition) is 2. The first-order valence-electron chi connectivity index (χ1n) is 6.98. The summed E-state index contributed by atoms with van der Waals surface area (Å²) in [6, 6.07) is 2.44. The number of benzene rings is 1. The molecule has 3 rings (SSSR count). The summed E-state index contributed by atoms with van der Waals surface area (Å²) in [6.45, 7) is 2.68. The number of primary sulfonamides is 1. The summed E-state index contributed by atoms with van der Waals surface area (Å²) in [5.41, 5.74) is 0.895. The van der Waals surface area contributed by atoms with Gasteiger partial charge in [0.2, 0.25) is 25.7 Å². The normalized spacial score (nSPS) is 17.1. The van der Waals surface area contributed by atoms with Crippen LogP contribution in [0.3, 0.4) is 0 Å². The van der Waals surface area contributed by atoms with E-state index in [0.29, 0.717) is 5.56 Å². The smallest absolute Gasteiger partial charge is 0.247 e. The van der Waals surface area contributed by atoms with Crippen LogP contribution in [-0.4, -0.2) is 33.0 Å². The number of sulfonamides is 2. The van der Waals surface area contributed by atoms with E-state index >= 15 is 0 Å². The second kappa shape index (κ2) is 5.66. The molecule has 2 aromatic rings. The Kier molecular flexibility index (Phi) is 3.98. The Morgan fingerprint density at radius 2 is 2.12 bits per heavy atom. The van der Waals surface area contributed by atoms with Crippen molar-refractivity contribution in [2.45, 2.75) is 30.2 Å². The Bertz CT molecular complexity index is 1060. The molecule has 13 heteroatoms. The van der Waals surface area contributed by atoms with Crippen molar-refractivity contribution in [3.8, 4) is 0 Å². The number of nitrogens with two attached hydrogens (primary N) is 1. The fraction of sp³-hybridized carbons (Fsp3) is 0.333. The average Bonchev–Trinajstić information content (AvgIpc) is 2.80. The van der Waals surface area contributed by atoms with Crippen LogP contribution in [0.25, 0.3) is 0 Å². The highest BCUT2D eigenvalue weighted by atomic mass is 32.2. The van der Waals surface area contributed by atoms with Gasteiger partial charge in [-0.25, -0.2) is 22.0 Å². The van der Waals surface area contributed by atoms with Crippen LogP contribution in [0.1, 0.15) is 17.0 Å². The zero-order valence-corrected chi connectivity index (χ0v) is 14.9. The Balaban J connectivity index is 2.06. The van der Waals surface area contributed by atoms with Crippen molar-refractivity contribution in [3.63, 3.8) is 0 Å². The zero-order valence-electron chi connectivity index (χ0n) is 13.3. The second-order valence-corrected chi connectivity index (χ2v) is 9.01. The molecule has 0 aliphatic carbocycles. The van der Waals surface area contributed by atoms with Crippen LogP contribution in [0, 0.1) is 19.1 Å². The Labute approximate surface area is 143 Å². The highest BCUT2D eigenvalue weighted by Gasteiger charge is 2.35. The van der Waals surface area contributed by atoms with Gasteiger partial charge < -0.3 is 10.5 Å². The van der Waals surface area contributed by atoms with E-state index in [1.807, 2.05) is 0 Å². The quantitative estimate of drug-likeness (QED) is 0.641. The molecule has 1 aliphatic rings. The van der Waals surface area contributed by atoms with E-state index in [1.54, 1.807) is 0 Å². The molecule has 11 nitrogen and oxygen atoms in total. The van der Waals surface area contributed by atoms with Crippen LogP contribution in [0.4, 0.5) is 5.69 Å². The Morgan fingerprint density at radius 1 is 1.44 bits per heavy atom. The Morgan fingerprint density at radius 3 is 2.68 bits per heavy atom. The van der Waals surface area contributed by atoms with Crippen molar-refractivity contribution in [2.75, 3.05) is 12.0 Å². The highest BCUT2D eigenvalue weighted by Crippen LogP contribution is 2.33. The lowest BCUT2D eigenvalue weighted by Gasteiger charge is -2.29. The summed E-state index contributed by atoms with van der Waals surface area (Å²) in [5.74, 6) is 0. The van der Waals surface area contributed by atoms with E-state index in [0.717, 1.165) is 10.4 Å². The van der Waals surface area contributed by atoms with Gasteiger partial charge in [-0.05, 0) is 29.5 Å². The third-order valence-corrected chi connectivity index (χ3v) is 6.77. The van der Waals surface area contributed by atoms with E-state index in [1.165, 1.54) is 19.9 Å². The number of nitrogens with zero attached hydrogens (tertiary/aromatic N) is 3. The maximum absolute atomic E-state index is 12.8. The van der Waals surface area contributed by atoms with Crippen molar-refractivity contribution < 1.29 is 26.4 Å². The first-order valence-corrected chi connectivity index (χ1v) is 9.97. The van der Waals surface area contributed by atoms with Crippen molar-refractivity contribution in [1.29, 1.82) is 0 Å². The van der Waals surface area contributed by atoms with E-state index in [2.05, 4.69) is 15.1 Å². The van der Waals surface area contributed by atoms with Gasteiger partial charge in [-0.2, -0.15) is 4.31 Å². The van der Waals surface area contributed by atoms with Gasteiger partial charge in [0.05, 0.1) is 23.8 Å². The largest absolute Gasteiger partial charge is 0.370 e. The van der Waals surface area contributed by atoms with Crippen LogP contribution < -0.4 is 15.4 Å². The second-order valence-electron chi connectivity index (χ2n) is 5.57. The van der Waals surface area contributed by atoms with Crippen LogP contribution in [0.2, 0.25) is 0 Å². The third-order valence-electron chi connectivity index (χ3n) is 3.89. The van der Waals surface area contributed by atoms with Crippen molar-refractivity contribution >= 4 is 25.7 Å². The fourth-order valence-corrected chi connectivity index (χ4v) is 4.84. The van der Waals surface area contributed by atoms with E-state index in [4.69, 9.17) is 5.14 Å². The number of nitrogens with one attached hydrogen (secondary N) is 1. The molecule has 1 aliphatic heterocycles. The van der Waals surface area contributed by atoms with Crippen LogP contribution >= 0.6 is 0 Å². The highest BCUT2D eigenvalue weighted by molar-refractivity contribution is 7.90. The van der Waals surface area contributed by atoms with Crippen LogP contribution in [0.5, 0.6) is 0 Å². The van der Waals surface area contributed by atoms with E-state index in [-0.39, 0.29) is 45.0 Å². The number of fused-ring (bicyclic) bond motifs is 1. The monoisotopic (exact) mass is 389 g/mol. The maximum atomic E-state index is 12.8. The van der Waals surface area contributed by atoms with Gasteiger partial charge in [0, 0.05) is 12.1 Å². The van der Waals surface area contributed by atoms with Crippen LogP contribution in [-0.2, 0) is 26.6 Å². The molecule has 0 unspecified atom stereocenters. The van der Waals surface area contributed by atoms with E-state index < -0.39 is 20.0 Å². The lowest BCUT2D eigenvalue weighted by atomic mass is 10.2. The summed E-state index contributed by atoms with van der Waals surface area (Å²) in [7, 11) is -8.11. The van der Waals surface area contributed by atoms with Crippen LogP contribution in [0.15, 0.2) is 26.6 Å². The molecule has 0 atom stereocenters. The molecule has 0 spiro atoms. The lowest BCUT2D eigenvalue weighted by Crippen LogP contribution is -2.40. The minimum atomic E-state index is -4.08. The molecule has 0 saturated heterocycles. The topological polar surface area (TPSA) is 163 Å².